The first kappa shape index (κ1) is 22.3. The smallest absolute Gasteiger partial charge is 0.186 e. The topological polar surface area (TPSA) is 99.4 Å². The van der Waals surface area contributed by atoms with Crippen LogP contribution in [0.1, 0.15) is 33.1 Å². The van der Waals surface area contributed by atoms with Gasteiger partial charge in [0.25, 0.3) is 0 Å². The average molecular weight is 461 g/mol. The third-order valence-electron chi connectivity index (χ3n) is 6.09. The molecule has 5 rings (SSSR count). The maximum Gasteiger partial charge on any atom is 0.186 e. The Kier molecular flexibility index (Phi) is 6.20. The number of aryl methyl sites for hydroxylation is 1. The molecule has 35 heavy (non-hydrogen) atoms. The van der Waals surface area contributed by atoms with Crippen LogP contribution in [0.2, 0.25) is 0 Å². The lowest BCUT2D eigenvalue weighted by Crippen LogP contribution is -2.30. The van der Waals surface area contributed by atoms with E-state index in [0.717, 1.165) is 39.7 Å². The van der Waals surface area contributed by atoms with Crippen LogP contribution in [0.3, 0.4) is 0 Å². The predicted octanol–water partition coefficient (Wildman–Crippen LogP) is 4.59. The van der Waals surface area contributed by atoms with Crippen LogP contribution in [0.25, 0.3) is 22.2 Å². The first-order chi connectivity index (χ1) is 17.1. The molecule has 0 radical (unpaired) electrons. The van der Waals surface area contributed by atoms with Crippen molar-refractivity contribution in [2.45, 2.75) is 12.5 Å². The Bertz CT molecular complexity index is 1510. The van der Waals surface area contributed by atoms with E-state index in [0.29, 0.717) is 17.7 Å². The average Bonchev–Trinajstić information content (AvgIpc) is 3.53. The zero-order valence-electron chi connectivity index (χ0n) is 19.3. The summed E-state index contributed by atoms with van der Waals surface area (Å²) in [4.78, 5) is 17.0. The van der Waals surface area contributed by atoms with E-state index in [1.54, 1.807) is 10.9 Å². The second-order valence-electron chi connectivity index (χ2n) is 8.46. The summed E-state index contributed by atoms with van der Waals surface area (Å²) in [5, 5.41) is 21.5. The number of carbonyl (C=O) groups is 1. The highest BCUT2D eigenvalue weighted by molar-refractivity contribution is 6.11. The lowest BCUT2D eigenvalue weighted by molar-refractivity contribution is 0.0945. The number of Topliss-reactive ketones (excluding diaryl/α,β-unsaturated/α-hetero) is 1. The van der Waals surface area contributed by atoms with E-state index in [9.17, 15) is 4.79 Å². The summed E-state index contributed by atoms with van der Waals surface area (Å²) >= 11 is 0. The fraction of sp³-hybridized carbons (Fsp3) is 0.143. The lowest BCUT2D eigenvalue weighted by Gasteiger charge is -2.18. The molecule has 2 N–H and O–H groups in total. The number of nitriles is 1. The van der Waals surface area contributed by atoms with E-state index in [1.807, 2.05) is 86.0 Å². The van der Waals surface area contributed by atoms with Crippen molar-refractivity contribution < 1.29 is 4.79 Å². The summed E-state index contributed by atoms with van der Waals surface area (Å²) in [5.41, 5.74) is 5.91. The molecule has 2 heterocycles. The number of hydrogen-bond donors (Lipinski definition) is 2. The molecule has 172 valence electrons. The number of nitrogens with zero attached hydrogens (tertiary/aromatic N) is 4. The van der Waals surface area contributed by atoms with Gasteiger partial charge in [0.2, 0.25) is 0 Å². The fourth-order valence-electron chi connectivity index (χ4n) is 4.24. The molecule has 0 amide bonds. The number of ketones is 1. The number of aromatic amines is 1. The van der Waals surface area contributed by atoms with E-state index in [1.165, 1.54) is 0 Å². The summed E-state index contributed by atoms with van der Waals surface area (Å²) in [6.45, 7) is 0.621. The molecule has 0 aliphatic rings. The quantitative estimate of drug-likeness (QED) is 0.330. The zero-order valence-corrected chi connectivity index (χ0v) is 19.3. The van der Waals surface area contributed by atoms with Crippen LogP contribution in [0.4, 0.5) is 0 Å². The van der Waals surface area contributed by atoms with Gasteiger partial charge in [-0.05, 0) is 35.7 Å². The molecule has 3 aromatic carbocycles. The van der Waals surface area contributed by atoms with Crippen LogP contribution in [-0.2, 0) is 13.5 Å². The van der Waals surface area contributed by atoms with Crippen molar-refractivity contribution in [3.8, 4) is 17.3 Å². The van der Waals surface area contributed by atoms with Crippen molar-refractivity contribution in [1.82, 2.24) is 25.3 Å². The van der Waals surface area contributed by atoms with Gasteiger partial charge >= 0.3 is 0 Å². The third kappa shape index (κ3) is 4.74. The van der Waals surface area contributed by atoms with Crippen LogP contribution in [-0.4, -0.2) is 32.3 Å². The summed E-state index contributed by atoms with van der Waals surface area (Å²) in [7, 11) is 1.83. The maximum absolute atomic E-state index is 13.8. The Labute approximate surface area is 203 Å². The van der Waals surface area contributed by atoms with Gasteiger partial charge in [-0.1, -0.05) is 59.8 Å². The van der Waals surface area contributed by atoms with Crippen molar-refractivity contribution >= 4 is 16.7 Å². The second-order valence-corrected chi connectivity index (χ2v) is 8.46. The van der Waals surface area contributed by atoms with Gasteiger partial charge < -0.3 is 10.3 Å². The normalized spacial score (nSPS) is 11.9. The van der Waals surface area contributed by atoms with Crippen LogP contribution in [0, 0.1) is 11.3 Å². The van der Waals surface area contributed by atoms with Crippen molar-refractivity contribution in [3.05, 3.63) is 107 Å². The van der Waals surface area contributed by atoms with Gasteiger partial charge in [0.1, 0.15) is 5.69 Å². The Morgan fingerprint density at radius 1 is 1.11 bits per heavy atom. The predicted molar refractivity (Wildman–Crippen MR) is 135 cm³/mol. The zero-order chi connectivity index (χ0) is 24.2. The number of hydrogen-bond acceptors (Lipinski definition) is 5. The monoisotopic (exact) mass is 460 g/mol. The lowest BCUT2D eigenvalue weighted by atomic mass is 9.96. The number of benzene rings is 3. The summed E-state index contributed by atoms with van der Waals surface area (Å²) in [6.07, 6.45) is 4.39. The summed E-state index contributed by atoms with van der Waals surface area (Å²) in [6, 6.07) is 24.9. The van der Waals surface area contributed by atoms with Crippen LogP contribution >= 0.6 is 0 Å². The van der Waals surface area contributed by atoms with Gasteiger partial charge in [-0.25, -0.2) is 0 Å². The first-order valence-corrected chi connectivity index (χ1v) is 11.4. The van der Waals surface area contributed by atoms with Crippen molar-refractivity contribution in [1.29, 1.82) is 5.26 Å². The Morgan fingerprint density at radius 3 is 2.63 bits per heavy atom. The molecule has 1 unspecified atom stereocenters. The van der Waals surface area contributed by atoms with Gasteiger partial charge in [0, 0.05) is 41.8 Å². The number of rotatable bonds is 8. The molecular formula is C28H24N6O. The Hall–Kier alpha value is -4.54. The van der Waals surface area contributed by atoms with E-state index < -0.39 is 6.04 Å². The van der Waals surface area contributed by atoms with Crippen molar-refractivity contribution in [3.63, 3.8) is 0 Å². The SMILES string of the molecule is Cn1cc(-c2ccc3c(C(=O)C(NCCc4ccc(C#N)cc4)c4ccccc4)c[nH]c3c2)nn1. The summed E-state index contributed by atoms with van der Waals surface area (Å²) in [5.74, 6) is 0.00883. The van der Waals surface area contributed by atoms with Gasteiger partial charge in [-0.15, -0.1) is 5.10 Å². The molecule has 5 aromatic rings. The highest BCUT2D eigenvalue weighted by Gasteiger charge is 2.24. The first-order valence-electron chi connectivity index (χ1n) is 11.4. The molecular weight excluding hydrogens is 436 g/mol. The second kappa shape index (κ2) is 9.75. The highest BCUT2D eigenvalue weighted by atomic mass is 16.1. The van der Waals surface area contributed by atoms with Gasteiger partial charge in [0.05, 0.1) is 23.9 Å². The fourth-order valence-corrected chi connectivity index (χ4v) is 4.24. The molecule has 1 atom stereocenters. The van der Waals surface area contributed by atoms with E-state index >= 15 is 0 Å². The van der Waals surface area contributed by atoms with E-state index in [2.05, 4.69) is 26.7 Å². The molecule has 0 spiro atoms. The highest BCUT2D eigenvalue weighted by Crippen LogP contribution is 2.28. The van der Waals surface area contributed by atoms with Crippen LogP contribution in [0.15, 0.2) is 85.2 Å². The molecule has 0 bridgehead atoms. The van der Waals surface area contributed by atoms with Crippen molar-refractivity contribution in [2.75, 3.05) is 6.54 Å². The molecule has 7 heteroatoms. The van der Waals surface area contributed by atoms with Crippen LogP contribution in [0.5, 0.6) is 0 Å². The number of H-pyrrole nitrogens is 1. The maximum atomic E-state index is 13.8. The molecule has 0 aliphatic heterocycles. The molecule has 0 aliphatic carbocycles. The number of nitrogens with one attached hydrogen (secondary N) is 2. The number of aromatic nitrogens is 4. The van der Waals surface area contributed by atoms with Gasteiger partial charge in [-0.3, -0.25) is 9.48 Å². The van der Waals surface area contributed by atoms with Crippen molar-refractivity contribution in [2.24, 2.45) is 7.05 Å². The minimum Gasteiger partial charge on any atom is -0.360 e. The van der Waals surface area contributed by atoms with E-state index in [-0.39, 0.29) is 5.78 Å². The number of carbonyl (C=O) groups excluding carboxylic acids is 1. The van der Waals surface area contributed by atoms with Crippen LogP contribution < -0.4 is 5.32 Å². The third-order valence-corrected chi connectivity index (χ3v) is 6.09. The summed E-state index contributed by atoms with van der Waals surface area (Å²) < 4.78 is 1.66. The molecule has 7 nitrogen and oxygen atoms in total. The minimum absolute atomic E-state index is 0.00883. The largest absolute Gasteiger partial charge is 0.360 e. The number of fused-ring (bicyclic) bond motifs is 1. The Morgan fingerprint density at radius 2 is 1.91 bits per heavy atom. The molecule has 0 fully saturated rings. The minimum atomic E-state index is -0.478. The van der Waals surface area contributed by atoms with Gasteiger partial charge in [0.15, 0.2) is 5.78 Å². The molecule has 0 saturated carbocycles. The Balaban J connectivity index is 1.39. The molecule has 0 saturated heterocycles. The van der Waals surface area contributed by atoms with E-state index in [4.69, 9.17) is 5.26 Å². The standard InChI is InChI=1S/C28H24N6O/c1-34-18-26(32-33-34)22-11-12-23-24(17-31-25(23)15-22)28(35)27(21-5-3-2-4-6-21)30-14-13-19-7-9-20(16-29)10-8-19/h2-12,15,17-18,27,30-31H,13-14H2,1H3. The van der Waals surface area contributed by atoms with Gasteiger partial charge in [-0.2, -0.15) is 5.26 Å². The molecule has 2 aromatic heterocycles.